The first-order chi connectivity index (χ1) is 17.8. The predicted octanol–water partition coefficient (Wildman–Crippen LogP) is 5.43. The number of rotatable bonds is 5. The maximum atomic E-state index is 13.5. The van der Waals surface area contributed by atoms with Gasteiger partial charge in [-0.25, -0.2) is 4.98 Å². The SMILES string of the molecule is O=C(c1cccnc1Cl)N1CC(CN2CCN(c3ccccc3)CC2)C(c2cccc(C(F)(F)F)c2)C1. The molecule has 0 spiro atoms. The van der Waals surface area contributed by atoms with Crippen molar-refractivity contribution in [2.24, 2.45) is 5.92 Å². The van der Waals surface area contributed by atoms with Crippen LogP contribution < -0.4 is 4.90 Å². The van der Waals surface area contributed by atoms with Crippen molar-refractivity contribution < 1.29 is 18.0 Å². The van der Waals surface area contributed by atoms with Crippen molar-refractivity contribution >= 4 is 23.2 Å². The second-order valence-electron chi connectivity index (χ2n) is 9.66. The van der Waals surface area contributed by atoms with Crippen LogP contribution in [0.2, 0.25) is 5.15 Å². The number of hydrogen-bond donors (Lipinski definition) is 0. The van der Waals surface area contributed by atoms with Gasteiger partial charge in [0.1, 0.15) is 5.15 Å². The van der Waals surface area contributed by atoms with Gasteiger partial charge >= 0.3 is 6.18 Å². The molecule has 5 rings (SSSR count). The minimum absolute atomic E-state index is 0.00819. The fourth-order valence-electron chi connectivity index (χ4n) is 5.42. The van der Waals surface area contributed by atoms with Gasteiger partial charge in [0.2, 0.25) is 0 Å². The zero-order valence-corrected chi connectivity index (χ0v) is 21.0. The molecule has 0 saturated carbocycles. The number of likely N-dealkylation sites (tertiary alicyclic amines) is 1. The minimum Gasteiger partial charge on any atom is -0.369 e. The number of aromatic nitrogens is 1. The third-order valence-corrected chi connectivity index (χ3v) is 7.65. The van der Waals surface area contributed by atoms with Gasteiger partial charge in [-0.05, 0) is 41.8 Å². The first-order valence-corrected chi connectivity index (χ1v) is 12.8. The van der Waals surface area contributed by atoms with Gasteiger partial charge in [-0.3, -0.25) is 9.69 Å². The number of hydrogen-bond acceptors (Lipinski definition) is 4. The number of amides is 1. The molecule has 2 aromatic carbocycles. The summed E-state index contributed by atoms with van der Waals surface area (Å²) in [5, 5.41) is 0.128. The van der Waals surface area contributed by atoms with Crippen molar-refractivity contribution in [1.29, 1.82) is 0 Å². The van der Waals surface area contributed by atoms with Crippen LogP contribution >= 0.6 is 11.6 Å². The van der Waals surface area contributed by atoms with E-state index in [1.54, 1.807) is 23.1 Å². The highest BCUT2D eigenvalue weighted by Crippen LogP contribution is 2.38. The van der Waals surface area contributed by atoms with Gasteiger partial charge in [0.05, 0.1) is 11.1 Å². The zero-order valence-electron chi connectivity index (χ0n) is 20.2. The number of carbonyl (C=O) groups is 1. The van der Waals surface area contributed by atoms with E-state index in [1.165, 1.54) is 24.0 Å². The Kier molecular flexibility index (Phi) is 7.40. The van der Waals surface area contributed by atoms with Gasteiger partial charge in [0.15, 0.2) is 0 Å². The lowest BCUT2D eigenvalue weighted by Gasteiger charge is -2.38. The molecule has 0 radical (unpaired) electrons. The molecule has 1 aromatic heterocycles. The quantitative estimate of drug-likeness (QED) is 0.414. The molecular weight excluding hydrogens is 501 g/mol. The summed E-state index contributed by atoms with van der Waals surface area (Å²) in [5.74, 6) is -0.466. The van der Waals surface area contributed by atoms with Gasteiger partial charge in [-0.15, -0.1) is 0 Å². The van der Waals surface area contributed by atoms with E-state index in [0.717, 1.165) is 32.2 Å². The summed E-state index contributed by atoms with van der Waals surface area (Å²) in [5.41, 5.74) is 1.44. The van der Waals surface area contributed by atoms with Crippen LogP contribution in [0.15, 0.2) is 72.9 Å². The topological polar surface area (TPSA) is 39.7 Å². The second kappa shape index (κ2) is 10.7. The molecular formula is C28H28ClF3N4O. The summed E-state index contributed by atoms with van der Waals surface area (Å²) < 4.78 is 40.4. The first kappa shape index (κ1) is 25.5. The van der Waals surface area contributed by atoms with E-state index in [0.29, 0.717) is 30.8 Å². The van der Waals surface area contributed by atoms with Crippen molar-refractivity contribution in [3.8, 4) is 0 Å². The minimum atomic E-state index is -4.42. The molecule has 2 saturated heterocycles. The maximum Gasteiger partial charge on any atom is 0.416 e. The molecule has 3 heterocycles. The predicted molar refractivity (Wildman–Crippen MR) is 138 cm³/mol. The molecule has 2 fully saturated rings. The Morgan fingerprint density at radius 1 is 0.946 bits per heavy atom. The Balaban J connectivity index is 1.35. The molecule has 2 atom stereocenters. The van der Waals surface area contributed by atoms with E-state index in [9.17, 15) is 18.0 Å². The molecule has 2 aliphatic rings. The summed E-state index contributed by atoms with van der Waals surface area (Å²) >= 11 is 6.18. The summed E-state index contributed by atoms with van der Waals surface area (Å²) in [4.78, 5) is 23.7. The third-order valence-electron chi connectivity index (χ3n) is 7.35. The Morgan fingerprint density at radius 3 is 2.41 bits per heavy atom. The highest BCUT2D eigenvalue weighted by molar-refractivity contribution is 6.32. The van der Waals surface area contributed by atoms with E-state index in [1.807, 2.05) is 18.2 Å². The number of benzene rings is 2. The maximum absolute atomic E-state index is 13.5. The highest BCUT2D eigenvalue weighted by atomic mass is 35.5. The standard InChI is InChI=1S/C28H28ClF3N4O/c29-26-24(10-5-11-33-26)27(37)36-18-21(25(19-36)20-6-4-7-22(16-20)28(30,31)32)17-34-12-14-35(15-13-34)23-8-2-1-3-9-23/h1-11,16,21,25H,12-15,17-19H2. The Labute approximate surface area is 219 Å². The average molecular weight is 529 g/mol. The fourth-order valence-corrected chi connectivity index (χ4v) is 5.62. The normalized spacial score (nSPS) is 20.9. The van der Waals surface area contributed by atoms with Gasteiger partial charge < -0.3 is 9.80 Å². The number of nitrogens with zero attached hydrogens (tertiary/aromatic N) is 4. The first-order valence-electron chi connectivity index (χ1n) is 12.4. The van der Waals surface area contributed by atoms with Crippen molar-refractivity contribution in [2.75, 3.05) is 50.7 Å². The van der Waals surface area contributed by atoms with Gasteiger partial charge in [0.25, 0.3) is 5.91 Å². The molecule has 194 valence electrons. The molecule has 0 N–H and O–H groups in total. The molecule has 2 aliphatic heterocycles. The van der Waals surface area contributed by atoms with Crippen molar-refractivity contribution in [3.05, 3.63) is 94.8 Å². The Bertz CT molecular complexity index is 1230. The number of piperazine rings is 1. The smallest absolute Gasteiger partial charge is 0.369 e. The second-order valence-corrected chi connectivity index (χ2v) is 10.0. The van der Waals surface area contributed by atoms with Gasteiger partial charge in [0, 0.05) is 63.6 Å². The number of para-hydroxylation sites is 1. The van der Waals surface area contributed by atoms with Crippen LogP contribution in [0.5, 0.6) is 0 Å². The van der Waals surface area contributed by atoms with Crippen LogP contribution in [0, 0.1) is 5.92 Å². The molecule has 3 aromatic rings. The van der Waals surface area contributed by atoms with E-state index in [2.05, 4.69) is 26.9 Å². The van der Waals surface area contributed by atoms with Crippen LogP contribution in [0.3, 0.4) is 0 Å². The fraction of sp³-hybridized carbons (Fsp3) is 0.357. The lowest BCUT2D eigenvalue weighted by molar-refractivity contribution is -0.137. The van der Waals surface area contributed by atoms with Crippen LogP contribution in [-0.2, 0) is 6.18 Å². The number of anilines is 1. The third kappa shape index (κ3) is 5.75. The van der Waals surface area contributed by atoms with E-state index < -0.39 is 11.7 Å². The lowest BCUT2D eigenvalue weighted by Crippen LogP contribution is -2.48. The molecule has 37 heavy (non-hydrogen) atoms. The molecule has 1 amide bonds. The molecule has 0 aliphatic carbocycles. The summed E-state index contributed by atoms with van der Waals surface area (Å²) in [6.45, 7) is 4.93. The summed E-state index contributed by atoms with van der Waals surface area (Å²) in [6, 6.07) is 19.1. The van der Waals surface area contributed by atoms with Crippen molar-refractivity contribution in [3.63, 3.8) is 0 Å². The van der Waals surface area contributed by atoms with E-state index in [4.69, 9.17) is 11.6 Å². The van der Waals surface area contributed by atoms with Crippen molar-refractivity contribution in [2.45, 2.75) is 12.1 Å². The largest absolute Gasteiger partial charge is 0.416 e. The Morgan fingerprint density at radius 2 is 1.70 bits per heavy atom. The summed E-state index contributed by atoms with van der Waals surface area (Å²) in [6.07, 6.45) is -2.90. The van der Waals surface area contributed by atoms with Gasteiger partial charge in [-0.1, -0.05) is 48.0 Å². The van der Waals surface area contributed by atoms with Crippen LogP contribution in [-0.4, -0.2) is 66.5 Å². The van der Waals surface area contributed by atoms with Crippen LogP contribution in [0.25, 0.3) is 0 Å². The monoisotopic (exact) mass is 528 g/mol. The van der Waals surface area contributed by atoms with E-state index >= 15 is 0 Å². The average Bonchev–Trinajstić information content (AvgIpc) is 3.33. The number of halogens is 4. The number of alkyl halides is 3. The van der Waals surface area contributed by atoms with E-state index in [-0.39, 0.29) is 22.9 Å². The molecule has 0 bridgehead atoms. The Hall–Kier alpha value is -3.10. The van der Waals surface area contributed by atoms with Crippen LogP contribution in [0.4, 0.5) is 18.9 Å². The molecule has 2 unspecified atom stereocenters. The van der Waals surface area contributed by atoms with Crippen molar-refractivity contribution in [1.82, 2.24) is 14.8 Å². The van der Waals surface area contributed by atoms with Gasteiger partial charge in [-0.2, -0.15) is 13.2 Å². The highest BCUT2D eigenvalue weighted by Gasteiger charge is 2.39. The number of pyridine rings is 1. The zero-order chi connectivity index (χ0) is 26.0. The van der Waals surface area contributed by atoms with Crippen LogP contribution in [0.1, 0.15) is 27.4 Å². The number of carbonyl (C=O) groups excluding carboxylic acids is 1. The summed E-state index contributed by atoms with van der Waals surface area (Å²) in [7, 11) is 0. The lowest BCUT2D eigenvalue weighted by atomic mass is 9.87. The molecule has 5 nitrogen and oxygen atoms in total. The molecule has 9 heteroatoms.